The topological polar surface area (TPSA) is 52.3 Å². The van der Waals surface area contributed by atoms with Gasteiger partial charge in [-0.05, 0) is 24.6 Å². The van der Waals surface area contributed by atoms with Gasteiger partial charge in [-0.2, -0.15) is 0 Å². The number of anilines is 1. The van der Waals surface area contributed by atoms with Gasteiger partial charge < -0.3 is 10.5 Å². The summed E-state index contributed by atoms with van der Waals surface area (Å²) in [5, 5.41) is 0.362. The fraction of sp³-hybridized carbons (Fsp3) is 0.462. The molecule has 1 unspecified atom stereocenters. The second-order valence-corrected chi connectivity index (χ2v) is 5.61. The molecule has 1 aromatic rings. The molecule has 1 aromatic carbocycles. The molecule has 0 aromatic heterocycles. The molecule has 0 radical (unpaired) electrons. The van der Waals surface area contributed by atoms with Crippen LogP contribution in [0.25, 0.3) is 0 Å². The minimum atomic E-state index is -0.212. The molecule has 2 N–H and O–H groups in total. The number of halogens is 1. The van der Waals surface area contributed by atoms with Crippen molar-refractivity contribution in [3.05, 3.63) is 23.2 Å². The van der Waals surface area contributed by atoms with Crippen molar-refractivity contribution in [3.63, 3.8) is 0 Å². The zero-order chi connectivity index (χ0) is 13.5. The molecule has 0 spiro atoms. The Morgan fingerprint density at radius 3 is 2.83 bits per heavy atom. The van der Waals surface area contributed by atoms with E-state index in [1.54, 1.807) is 12.1 Å². The van der Waals surface area contributed by atoms with Crippen molar-refractivity contribution in [2.24, 2.45) is 0 Å². The fourth-order valence-electron chi connectivity index (χ4n) is 1.51. The number of esters is 1. The Hall–Kier alpha value is -0.870. The molecule has 0 aliphatic rings. The Morgan fingerprint density at radius 2 is 2.28 bits per heavy atom. The molecule has 0 aliphatic heterocycles. The molecule has 0 aliphatic carbocycles. The van der Waals surface area contributed by atoms with Gasteiger partial charge in [-0.25, -0.2) is 0 Å². The Kier molecular flexibility index (Phi) is 6.36. The molecule has 0 amide bonds. The first-order chi connectivity index (χ1) is 8.58. The van der Waals surface area contributed by atoms with E-state index in [0.29, 0.717) is 10.7 Å². The highest BCUT2D eigenvalue weighted by molar-refractivity contribution is 8.00. The van der Waals surface area contributed by atoms with E-state index < -0.39 is 0 Å². The molecule has 100 valence electrons. The van der Waals surface area contributed by atoms with Gasteiger partial charge in [0, 0.05) is 10.6 Å². The maximum atomic E-state index is 11.7. The molecular weight excluding hydrogens is 270 g/mol. The average molecular weight is 288 g/mol. The molecule has 0 bridgehead atoms. The van der Waals surface area contributed by atoms with Crippen molar-refractivity contribution in [2.45, 2.75) is 36.3 Å². The van der Waals surface area contributed by atoms with Gasteiger partial charge in [-0.15, -0.1) is 11.8 Å². The molecule has 0 saturated heterocycles. The number of thioether (sulfide) groups is 1. The van der Waals surface area contributed by atoms with Gasteiger partial charge in [0.1, 0.15) is 5.25 Å². The number of rotatable bonds is 6. The number of carbonyl (C=O) groups excluding carboxylic acids is 1. The smallest absolute Gasteiger partial charge is 0.319 e. The van der Waals surface area contributed by atoms with E-state index in [-0.39, 0.29) is 11.2 Å². The van der Waals surface area contributed by atoms with E-state index in [1.807, 2.05) is 6.07 Å². The number of methoxy groups -OCH3 is 1. The summed E-state index contributed by atoms with van der Waals surface area (Å²) in [6, 6.07) is 5.31. The van der Waals surface area contributed by atoms with Gasteiger partial charge in [-0.1, -0.05) is 31.4 Å². The first-order valence-corrected chi connectivity index (χ1v) is 7.13. The number of carbonyl (C=O) groups is 1. The van der Waals surface area contributed by atoms with Crippen molar-refractivity contribution >= 4 is 35.0 Å². The number of nitrogen functional groups attached to an aromatic ring is 1. The van der Waals surface area contributed by atoms with E-state index in [1.165, 1.54) is 18.9 Å². The Balaban J connectivity index is 2.78. The number of benzene rings is 1. The number of unbranched alkanes of at least 4 members (excludes halogenated alkanes) is 1. The molecule has 0 saturated carbocycles. The number of hydrogen-bond donors (Lipinski definition) is 1. The molecule has 5 heteroatoms. The largest absolute Gasteiger partial charge is 0.468 e. The van der Waals surface area contributed by atoms with Crippen LogP contribution in [0.4, 0.5) is 5.69 Å². The Bertz CT molecular complexity index is 412. The van der Waals surface area contributed by atoms with E-state index in [0.717, 1.165) is 24.2 Å². The highest BCUT2D eigenvalue weighted by Gasteiger charge is 2.21. The summed E-state index contributed by atoms with van der Waals surface area (Å²) in [5.41, 5.74) is 6.26. The number of ether oxygens (including phenoxy) is 1. The third kappa shape index (κ3) is 4.42. The highest BCUT2D eigenvalue weighted by atomic mass is 35.5. The second kappa shape index (κ2) is 7.54. The predicted octanol–water partition coefficient (Wildman–Crippen LogP) is 3.75. The summed E-state index contributed by atoms with van der Waals surface area (Å²) in [5.74, 6) is -0.207. The van der Waals surface area contributed by atoms with Crippen LogP contribution in [0, 0.1) is 0 Å². The lowest BCUT2D eigenvalue weighted by Gasteiger charge is -2.14. The highest BCUT2D eigenvalue weighted by Crippen LogP contribution is 2.34. The van der Waals surface area contributed by atoms with Crippen molar-refractivity contribution < 1.29 is 9.53 Å². The molecule has 1 atom stereocenters. The van der Waals surface area contributed by atoms with Gasteiger partial charge >= 0.3 is 5.97 Å². The first kappa shape index (κ1) is 15.2. The minimum Gasteiger partial charge on any atom is -0.468 e. The van der Waals surface area contributed by atoms with E-state index >= 15 is 0 Å². The normalized spacial score (nSPS) is 12.2. The summed E-state index contributed by atoms with van der Waals surface area (Å²) in [7, 11) is 1.41. The summed E-state index contributed by atoms with van der Waals surface area (Å²) in [4.78, 5) is 12.5. The second-order valence-electron chi connectivity index (χ2n) is 3.96. The lowest BCUT2D eigenvalue weighted by Crippen LogP contribution is -2.18. The van der Waals surface area contributed by atoms with Gasteiger partial charge in [-0.3, -0.25) is 4.79 Å². The lowest BCUT2D eigenvalue weighted by molar-refractivity contribution is -0.140. The quantitative estimate of drug-likeness (QED) is 0.492. The maximum Gasteiger partial charge on any atom is 0.319 e. The van der Waals surface area contributed by atoms with Gasteiger partial charge in [0.05, 0.1) is 12.1 Å². The van der Waals surface area contributed by atoms with E-state index in [2.05, 4.69) is 6.92 Å². The summed E-state index contributed by atoms with van der Waals surface area (Å²) >= 11 is 7.54. The van der Waals surface area contributed by atoms with Crippen LogP contribution in [-0.4, -0.2) is 18.3 Å². The summed E-state index contributed by atoms with van der Waals surface area (Å²) < 4.78 is 4.82. The van der Waals surface area contributed by atoms with Crippen LogP contribution in [0.5, 0.6) is 0 Å². The van der Waals surface area contributed by atoms with E-state index in [9.17, 15) is 4.79 Å². The third-order valence-corrected chi connectivity index (χ3v) is 4.26. The van der Waals surface area contributed by atoms with Crippen LogP contribution < -0.4 is 5.73 Å². The molecule has 0 heterocycles. The minimum absolute atomic E-state index is 0.207. The average Bonchev–Trinajstić information content (AvgIpc) is 2.36. The summed E-state index contributed by atoms with van der Waals surface area (Å²) in [6.07, 6.45) is 2.82. The number of hydrogen-bond acceptors (Lipinski definition) is 4. The monoisotopic (exact) mass is 287 g/mol. The fourth-order valence-corrected chi connectivity index (χ4v) is 2.94. The number of nitrogens with two attached hydrogens (primary N) is 1. The predicted molar refractivity (Wildman–Crippen MR) is 77.1 cm³/mol. The standard InChI is InChI=1S/C13H18ClNO2S/c1-3-4-5-12(13(16)17-2)18-11-7-6-9(15)8-10(11)14/h6-8,12H,3-5,15H2,1-2H3. The van der Waals surface area contributed by atoms with Gasteiger partial charge in [0.15, 0.2) is 0 Å². The lowest BCUT2D eigenvalue weighted by atomic mass is 10.2. The molecular formula is C13H18ClNO2S. The molecule has 18 heavy (non-hydrogen) atoms. The Morgan fingerprint density at radius 1 is 1.56 bits per heavy atom. The van der Waals surface area contributed by atoms with Crippen molar-refractivity contribution in [1.29, 1.82) is 0 Å². The zero-order valence-corrected chi connectivity index (χ0v) is 12.2. The van der Waals surface area contributed by atoms with Crippen LogP contribution in [0.3, 0.4) is 0 Å². The van der Waals surface area contributed by atoms with Crippen molar-refractivity contribution in [1.82, 2.24) is 0 Å². The third-order valence-electron chi connectivity index (χ3n) is 2.51. The van der Waals surface area contributed by atoms with Gasteiger partial charge in [0.25, 0.3) is 0 Å². The van der Waals surface area contributed by atoms with Crippen LogP contribution in [0.15, 0.2) is 23.1 Å². The zero-order valence-electron chi connectivity index (χ0n) is 10.6. The van der Waals surface area contributed by atoms with E-state index in [4.69, 9.17) is 22.1 Å². The first-order valence-electron chi connectivity index (χ1n) is 5.88. The molecule has 1 rings (SSSR count). The van der Waals surface area contributed by atoms with Crippen LogP contribution >= 0.6 is 23.4 Å². The SMILES string of the molecule is CCCCC(Sc1ccc(N)cc1Cl)C(=O)OC. The van der Waals surface area contributed by atoms with Crippen LogP contribution in [0.1, 0.15) is 26.2 Å². The van der Waals surface area contributed by atoms with Crippen molar-refractivity contribution in [3.8, 4) is 0 Å². The van der Waals surface area contributed by atoms with Crippen LogP contribution in [-0.2, 0) is 9.53 Å². The van der Waals surface area contributed by atoms with Gasteiger partial charge in [0.2, 0.25) is 0 Å². The molecule has 3 nitrogen and oxygen atoms in total. The van der Waals surface area contributed by atoms with Crippen molar-refractivity contribution in [2.75, 3.05) is 12.8 Å². The maximum absolute atomic E-state index is 11.7. The Labute approximate surface area is 117 Å². The molecule has 0 fully saturated rings. The summed E-state index contributed by atoms with van der Waals surface area (Å²) in [6.45, 7) is 2.09. The van der Waals surface area contributed by atoms with Crippen LogP contribution in [0.2, 0.25) is 5.02 Å².